The largest absolute Gasteiger partial charge is 0.252 e. The molecule has 7 heavy (non-hydrogen) atoms. The Labute approximate surface area is 43.0 Å². The molecule has 0 saturated heterocycles. The van der Waals surface area contributed by atoms with Crippen LogP contribution in [0, 0.1) is 0 Å². The van der Waals surface area contributed by atoms with Gasteiger partial charge in [0.15, 0.2) is 7.85 Å². The molecular formula is C4H5BN2. The van der Waals surface area contributed by atoms with E-state index in [9.17, 15) is 0 Å². The van der Waals surface area contributed by atoms with Crippen LogP contribution in [0.2, 0.25) is 0 Å². The molecule has 0 aliphatic heterocycles. The lowest BCUT2D eigenvalue weighted by Gasteiger charge is -1.81. The molecule has 1 aromatic heterocycles. The van der Waals surface area contributed by atoms with Crippen molar-refractivity contribution in [2.75, 3.05) is 0 Å². The van der Waals surface area contributed by atoms with Gasteiger partial charge in [-0.15, -0.1) is 0 Å². The molecule has 0 aromatic carbocycles. The average molecular weight is 91.9 g/mol. The Hall–Kier alpha value is -0.855. The highest BCUT2D eigenvalue weighted by molar-refractivity contribution is 6.30. The molecule has 1 heterocycles. The zero-order valence-corrected chi connectivity index (χ0v) is 4.13. The van der Waals surface area contributed by atoms with Gasteiger partial charge in [-0.3, -0.25) is 4.98 Å². The fraction of sp³-hybridized carbons (Fsp3) is 0. The van der Waals surface area contributed by atoms with Gasteiger partial charge in [0.05, 0.1) is 0 Å². The first-order valence-electron chi connectivity index (χ1n) is 2.12. The van der Waals surface area contributed by atoms with Crippen LogP contribution in [-0.4, -0.2) is 17.8 Å². The lowest BCUT2D eigenvalue weighted by atomic mass is 10.1. The summed E-state index contributed by atoms with van der Waals surface area (Å²) < 4.78 is 0. The van der Waals surface area contributed by atoms with E-state index >= 15 is 0 Å². The van der Waals surface area contributed by atoms with Gasteiger partial charge in [-0.05, 0) is 11.7 Å². The first kappa shape index (κ1) is 4.31. The highest BCUT2D eigenvalue weighted by Gasteiger charge is 1.74. The molecule has 0 unspecified atom stereocenters. The summed E-state index contributed by atoms with van der Waals surface area (Å²) in [5.74, 6) is 0. The minimum atomic E-state index is 1.01. The summed E-state index contributed by atoms with van der Waals surface area (Å²) >= 11 is 0. The average Bonchev–Trinajstić information content (AvgIpc) is 1.69. The van der Waals surface area contributed by atoms with Crippen molar-refractivity contribution in [3.8, 4) is 0 Å². The van der Waals surface area contributed by atoms with Crippen molar-refractivity contribution in [3.63, 3.8) is 0 Å². The fourth-order valence-electron chi connectivity index (χ4n) is 0.357. The summed E-state index contributed by atoms with van der Waals surface area (Å²) in [5.41, 5.74) is 1.01. The normalized spacial score (nSPS) is 8.57. The Morgan fingerprint density at radius 3 is 2.71 bits per heavy atom. The monoisotopic (exact) mass is 92.1 g/mol. The number of aromatic nitrogens is 2. The molecule has 1 rings (SSSR count). The van der Waals surface area contributed by atoms with Crippen LogP contribution in [0.4, 0.5) is 0 Å². The molecule has 0 N–H and O–H groups in total. The SMILES string of the molecule is Bc1ccncn1. The van der Waals surface area contributed by atoms with Gasteiger partial charge in [0.1, 0.15) is 6.33 Å². The van der Waals surface area contributed by atoms with Crippen LogP contribution in [-0.2, 0) is 0 Å². The van der Waals surface area contributed by atoms with Crippen LogP contribution >= 0.6 is 0 Å². The third-order valence-corrected chi connectivity index (χ3v) is 0.730. The second kappa shape index (κ2) is 1.73. The second-order valence-corrected chi connectivity index (χ2v) is 1.35. The van der Waals surface area contributed by atoms with E-state index < -0.39 is 0 Å². The zero-order valence-electron chi connectivity index (χ0n) is 4.13. The van der Waals surface area contributed by atoms with Crippen LogP contribution < -0.4 is 5.59 Å². The van der Waals surface area contributed by atoms with E-state index in [-0.39, 0.29) is 0 Å². The predicted molar refractivity (Wildman–Crippen MR) is 30.2 cm³/mol. The Morgan fingerprint density at radius 1 is 1.57 bits per heavy atom. The quantitative estimate of drug-likeness (QED) is 0.373. The van der Waals surface area contributed by atoms with Gasteiger partial charge >= 0.3 is 0 Å². The standard InChI is InChI=1S/C4H5BN2/c5-4-1-2-6-3-7-4/h1-3H,5H2. The third kappa shape index (κ3) is 0.997. The van der Waals surface area contributed by atoms with Gasteiger partial charge in [0.2, 0.25) is 0 Å². The molecule has 0 spiro atoms. The van der Waals surface area contributed by atoms with E-state index in [1.54, 1.807) is 6.20 Å². The van der Waals surface area contributed by atoms with Gasteiger partial charge in [0.25, 0.3) is 0 Å². The number of nitrogens with zero attached hydrogens (tertiary/aromatic N) is 2. The molecule has 1 aromatic rings. The molecule has 0 amide bonds. The van der Waals surface area contributed by atoms with E-state index in [1.807, 2.05) is 13.9 Å². The van der Waals surface area contributed by atoms with E-state index in [1.165, 1.54) is 6.33 Å². The molecule has 0 fully saturated rings. The number of rotatable bonds is 0. The van der Waals surface area contributed by atoms with Gasteiger partial charge in [-0.2, -0.15) is 0 Å². The minimum absolute atomic E-state index is 1.01. The first-order valence-corrected chi connectivity index (χ1v) is 2.12. The molecule has 0 aliphatic rings. The topological polar surface area (TPSA) is 25.8 Å². The Morgan fingerprint density at radius 2 is 2.43 bits per heavy atom. The maximum atomic E-state index is 3.87. The summed E-state index contributed by atoms with van der Waals surface area (Å²) in [6.45, 7) is 0. The van der Waals surface area contributed by atoms with Gasteiger partial charge in [-0.25, -0.2) is 4.98 Å². The maximum absolute atomic E-state index is 3.87. The molecular weight excluding hydrogens is 86.9 g/mol. The van der Waals surface area contributed by atoms with Crippen LogP contribution in [0.15, 0.2) is 18.6 Å². The second-order valence-electron chi connectivity index (χ2n) is 1.35. The smallest absolute Gasteiger partial charge is 0.164 e. The highest BCUT2D eigenvalue weighted by atomic mass is 14.8. The van der Waals surface area contributed by atoms with E-state index in [4.69, 9.17) is 0 Å². The molecule has 0 atom stereocenters. The van der Waals surface area contributed by atoms with Crippen molar-refractivity contribution in [3.05, 3.63) is 18.6 Å². The number of hydrogen-bond acceptors (Lipinski definition) is 2. The third-order valence-electron chi connectivity index (χ3n) is 0.730. The van der Waals surface area contributed by atoms with Gasteiger partial charge in [-0.1, -0.05) is 0 Å². The summed E-state index contributed by atoms with van der Waals surface area (Å²) in [6.07, 6.45) is 3.26. The number of hydrogen-bond donors (Lipinski definition) is 0. The van der Waals surface area contributed by atoms with E-state index in [2.05, 4.69) is 9.97 Å². The summed E-state index contributed by atoms with van der Waals surface area (Å²) in [7, 11) is 1.93. The molecule has 0 radical (unpaired) electrons. The van der Waals surface area contributed by atoms with Crippen molar-refractivity contribution in [2.45, 2.75) is 0 Å². The van der Waals surface area contributed by atoms with Crippen LogP contribution in [0.5, 0.6) is 0 Å². The summed E-state index contributed by atoms with van der Waals surface area (Å²) in [4.78, 5) is 7.60. The van der Waals surface area contributed by atoms with Crippen LogP contribution in [0.1, 0.15) is 0 Å². The lowest BCUT2D eigenvalue weighted by molar-refractivity contribution is 1.20. The van der Waals surface area contributed by atoms with Crippen molar-refractivity contribution in [2.24, 2.45) is 0 Å². The zero-order chi connectivity index (χ0) is 5.11. The van der Waals surface area contributed by atoms with Crippen LogP contribution in [0.3, 0.4) is 0 Å². The van der Waals surface area contributed by atoms with E-state index in [0.717, 1.165) is 5.59 Å². The molecule has 3 heteroatoms. The van der Waals surface area contributed by atoms with E-state index in [0.29, 0.717) is 0 Å². The molecule has 0 bridgehead atoms. The Balaban J connectivity index is 3.02. The lowest BCUT2D eigenvalue weighted by Crippen LogP contribution is -2.05. The Bertz CT molecular complexity index is 140. The molecule has 34 valence electrons. The van der Waals surface area contributed by atoms with Gasteiger partial charge < -0.3 is 0 Å². The Kier molecular flexibility index (Phi) is 1.07. The van der Waals surface area contributed by atoms with Gasteiger partial charge in [0, 0.05) is 6.20 Å². The first-order chi connectivity index (χ1) is 3.39. The maximum Gasteiger partial charge on any atom is 0.164 e. The summed E-state index contributed by atoms with van der Waals surface area (Å²) in [5, 5.41) is 0. The van der Waals surface area contributed by atoms with Crippen molar-refractivity contribution >= 4 is 13.4 Å². The minimum Gasteiger partial charge on any atom is -0.252 e. The van der Waals surface area contributed by atoms with Crippen molar-refractivity contribution < 1.29 is 0 Å². The highest BCUT2D eigenvalue weighted by Crippen LogP contribution is 1.62. The van der Waals surface area contributed by atoms with Crippen LogP contribution in [0.25, 0.3) is 0 Å². The fourth-order valence-corrected chi connectivity index (χ4v) is 0.357. The predicted octanol–water partition coefficient (Wildman–Crippen LogP) is -1.27. The molecule has 2 nitrogen and oxygen atoms in total. The molecule has 0 saturated carbocycles. The van der Waals surface area contributed by atoms with Crippen molar-refractivity contribution in [1.29, 1.82) is 0 Å². The summed E-state index contributed by atoms with van der Waals surface area (Å²) in [6, 6.07) is 1.86. The van der Waals surface area contributed by atoms with Crippen molar-refractivity contribution in [1.82, 2.24) is 9.97 Å². The molecule has 0 aliphatic carbocycles.